The second-order valence-corrected chi connectivity index (χ2v) is 19.7. The van der Waals surface area contributed by atoms with E-state index in [1.807, 2.05) is 132 Å². The molecule has 0 saturated carbocycles. The van der Waals surface area contributed by atoms with Crippen molar-refractivity contribution in [2.24, 2.45) is 0 Å². The van der Waals surface area contributed by atoms with Gasteiger partial charge in [-0.05, 0) is 128 Å². The summed E-state index contributed by atoms with van der Waals surface area (Å²) in [4.78, 5) is 0. The molecule has 4 aliphatic heterocycles. The molecule has 2 N–H and O–H groups in total. The predicted octanol–water partition coefficient (Wildman–Crippen LogP) is 15.3. The van der Waals surface area contributed by atoms with Crippen LogP contribution in [0.4, 0.5) is 40.0 Å². The van der Waals surface area contributed by atoms with E-state index in [0.717, 1.165) is 114 Å². The number of halogens is 4. The first kappa shape index (κ1) is 48.2. The molecule has 4 aliphatic rings. The molecule has 6 heterocycles. The molecular formula is C58H64B2F4N6. The van der Waals surface area contributed by atoms with E-state index in [9.17, 15) is 0 Å². The van der Waals surface area contributed by atoms with Gasteiger partial charge < -0.3 is 45.8 Å². The Balaban J connectivity index is 0.000000174. The summed E-state index contributed by atoms with van der Waals surface area (Å²) in [6, 6.07) is 32.4. The Morgan fingerprint density at radius 1 is 0.457 bits per heavy atom. The van der Waals surface area contributed by atoms with Crippen LogP contribution < -0.4 is 10.6 Å². The van der Waals surface area contributed by atoms with Gasteiger partial charge in [0.1, 0.15) is 11.4 Å². The van der Waals surface area contributed by atoms with Gasteiger partial charge in [-0.15, -0.1) is 0 Å². The molecule has 0 aliphatic carbocycles. The highest BCUT2D eigenvalue weighted by Gasteiger charge is 2.58. The predicted molar refractivity (Wildman–Crippen MR) is 286 cm³/mol. The van der Waals surface area contributed by atoms with Crippen molar-refractivity contribution in [1.82, 2.24) is 8.96 Å². The average Bonchev–Trinajstić information content (AvgIpc) is 3.93. The quantitative estimate of drug-likeness (QED) is 0.118. The van der Waals surface area contributed by atoms with Gasteiger partial charge in [-0.25, -0.2) is 0 Å². The lowest BCUT2D eigenvalue weighted by Crippen LogP contribution is -2.51. The minimum Gasteiger partial charge on any atom is -0.392 e. The normalized spacial score (nSPS) is 16.7. The summed E-state index contributed by atoms with van der Waals surface area (Å²) in [5, 5.41) is 6.98. The third-order valence-electron chi connectivity index (χ3n) is 15.5. The average molecular weight is 943 g/mol. The fraction of sp³-hybridized carbons (Fsp3) is 0.276. The fourth-order valence-electron chi connectivity index (χ4n) is 11.9. The summed E-state index contributed by atoms with van der Waals surface area (Å²) < 4.78 is 71.4. The van der Waals surface area contributed by atoms with Gasteiger partial charge in [-0.1, -0.05) is 110 Å². The highest BCUT2D eigenvalue weighted by molar-refractivity contribution is 6.59. The van der Waals surface area contributed by atoms with E-state index in [-0.39, 0.29) is 0 Å². The largest absolute Gasteiger partial charge is 0.737 e. The molecule has 0 bridgehead atoms. The summed E-state index contributed by atoms with van der Waals surface area (Å²) in [5.41, 5.74) is 21.9. The molecule has 12 heteroatoms. The summed E-state index contributed by atoms with van der Waals surface area (Å²) >= 11 is 0. The topological polar surface area (TPSA) is 39.9 Å². The van der Waals surface area contributed by atoms with Crippen molar-refractivity contribution in [1.29, 1.82) is 0 Å². The van der Waals surface area contributed by atoms with Gasteiger partial charge in [0.05, 0.1) is 22.5 Å². The zero-order valence-corrected chi connectivity index (χ0v) is 43.1. The van der Waals surface area contributed by atoms with Crippen LogP contribution in [-0.2, 0) is 0 Å². The zero-order chi connectivity index (χ0) is 50.5. The maximum Gasteiger partial charge on any atom is 0.737 e. The maximum absolute atomic E-state index is 16.6. The SMILES string of the molecule is CCC1=C(C)C2=C(c3ccc(C)cc3)c3c(C)c(Nc4ccccc4C)c(C)n3[B-](F)(F)[N+]2=C1C.CCC1=C(C)C2=C(c3ccc(C)cc3)c3c(C)c(Nc4ccccc4C)c(C)n3[B-](F)(F)[N+]2=C1C. The number of para-hydroxylation sites is 2. The molecule has 360 valence electrons. The van der Waals surface area contributed by atoms with Crippen LogP contribution in [0.3, 0.4) is 0 Å². The number of aromatic nitrogens is 2. The van der Waals surface area contributed by atoms with Crippen LogP contribution in [0.15, 0.2) is 131 Å². The van der Waals surface area contributed by atoms with Crippen molar-refractivity contribution in [3.63, 3.8) is 0 Å². The molecule has 4 aromatic carbocycles. The Morgan fingerprint density at radius 2 is 0.786 bits per heavy atom. The summed E-state index contributed by atoms with van der Waals surface area (Å²) in [5.74, 6) is 0. The van der Waals surface area contributed by atoms with Gasteiger partial charge >= 0.3 is 13.9 Å². The van der Waals surface area contributed by atoms with Crippen LogP contribution in [0.5, 0.6) is 0 Å². The lowest BCUT2D eigenvalue weighted by atomic mass is 9.83. The molecule has 0 amide bonds. The Bertz CT molecular complexity index is 3170. The smallest absolute Gasteiger partial charge is 0.392 e. The number of benzene rings is 4. The molecular weight excluding hydrogens is 878 g/mol. The standard InChI is InChI=1S/2C29H32BF2N3/c2*1-8-24-19(4)28-26(23-15-13-17(2)14-16-23)29-20(5)27(33-25-12-10-9-11-18(25)3)22(7)35(29)30(31,32)34(28)21(24)6/h2*9-16,33H,8H2,1-7H3. The van der Waals surface area contributed by atoms with E-state index in [1.165, 1.54) is 17.9 Å². The molecule has 0 fully saturated rings. The highest BCUT2D eigenvalue weighted by Crippen LogP contribution is 2.51. The van der Waals surface area contributed by atoms with E-state index in [4.69, 9.17) is 0 Å². The molecule has 70 heavy (non-hydrogen) atoms. The van der Waals surface area contributed by atoms with Gasteiger partial charge in [0, 0.05) is 70.3 Å². The maximum atomic E-state index is 16.6. The van der Waals surface area contributed by atoms with E-state index in [1.54, 1.807) is 13.8 Å². The van der Waals surface area contributed by atoms with Gasteiger partial charge in [0.15, 0.2) is 11.4 Å². The van der Waals surface area contributed by atoms with Crippen LogP contribution in [0.2, 0.25) is 0 Å². The van der Waals surface area contributed by atoms with Crippen LogP contribution >= 0.6 is 0 Å². The summed E-state index contributed by atoms with van der Waals surface area (Å²) in [7, 11) is 0. The van der Waals surface area contributed by atoms with E-state index in [2.05, 4.69) is 59.2 Å². The number of aryl methyl sites for hydroxylation is 4. The Labute approximate surface area is 411 Å². The van der Waals surface area contributed by atoms with Gasteiger partial charge in [0.2, 0.25) is 0 Å². The number of hydrogen-bond acceptors (Lipinski definition) is 2. The van der Waals surface area contributed by atoms with Crippen LogP contribution in [-0.4, -0.2) is 43.3 Å². The molecule has 0 saturated heterocycles. The molecule has 6 aromatic rings. The lowest BCUT2D eigenvalue weighted by Gasteiger charge is -2.34. The van der Waals surface area contributed by atoms with Crippen molar-refractivity contribution >= 4 is 59.3 Å². The Hall–Kier alpha value is -6.81. The molecule has 6 nitrogen and oxygen atoms in total. The third kappa shape index (κ3) is 7.22. The number of allylic oxidation sites excluding steroid dienone is 4. The highest BCUT2D eigenvalue weighted by atomic mass is 19.3. The van der Waals surface area contributed by atoms with Crippen molar-refractivity contribution in [3.05, 3.63) is 198 Å². The summed E-state index contributed by atoms with van der Waals surface area (Å²) in [6.07, 6.45) is 1.44. The molecule has 2 aromatic heterocycles. The van der Waals surface area contributed by atoms with Crippen LogP contribution in [0, 0.1) is 55.4 Å². The van der Waals surface area contributed by atoms with Crippen molar-refractivity contribution in [3.8, 4) is 0 Å². The van der Waals surface area contributed by atoms with Crippen molar-refractivity contribution in [2.75, 3.05) is 10.6 Å². The number of hydrogen-bond donors (Lipinski definition) is 2. The number of fused-ring (bicyclic) bond motifs is 4. The number of rotatable bonds is 8. The number of anilines is 4. The Kier molecular flexibility index (Phi) is 12.1. The molecule has 0 spiro atoms. The van der Waals surface area contributed by atoms with Gasteiger partial charge in [-0.3, -0.25) is 0 Å². The summed E-state index contributed by atoms with van der Waals surface area (Å²) in [6.45, 7) is 19.2. The minimum absolute atomic E-state index is 0.546. The second-order valence-electron chi connectivity index (χ2n) is 19.7. The van der Waals surface area contributed by atoms with Crippen LogP contribution in [0.25, 0.3) is 11.1 Å². The second kappa shape index (κ2) is 17.5. The molecule has 0 atom stereocenters. The van der Waals surface area contributed by atoms with Gasteiger partial charge in [0.25, 0.3) is 0 Å². The fourth-order valence-corrected chi connectivity index (χ4v) is 11.9. The molecule has 0 radical (unpaired) electrons. The lowest BCUT2D eigenvalue weighted by molar-refractivity contribution is -0.364. The first-order chi connectivity index (χ1) is 33.2. The third-order valence-corrected chi connectivity index (χ3v) is 15.5. The van der Waals surface area contributed by atoms with Crippen molar-refractivity contribution < 1.29 is 26.2 Å². The van der Waals surface area contributed by atoms with Gasteiger partial charge in [-0.2, -0.15) is 0 Å². The Morgan fingerprint density at radius 3 is 1.10 bits per heavy atom. The number of nitrogens with one attached hydrogen (secondary N) is 2. The van der Waals surface area contributed by atoms with Crippen molar-refractivity contribution in [2.45, 2.75) is 110 Å². The minimum atomic E-state index is -4.07. The first-order valence-electron chi connectivity index (χ1n) is 24.6. The number of nitrogens with zero attached hydrogens (tertiary/aromatic N) is 4. The van der Waals surface area contributed by atoms with E-state index >= 15 is 17.3 Å². The first-order valence-corrected chi connectivity index (χ1v) is 24.6. The zero-order valence-electron chi connectivity index (χ0n) is 43.1. The van der Waals surface area contributed by atoms with E-state index < -0.39 is 13.9 Å². The monoisotopic (exact) mass is 943 g/mol. The van der Waals surface area contributed by atoms with Crippen LogP contribution in [0.1, 0.15) is 122 Å². The van der Waals surface area contributed by atoms with E-state index in [0.29, 0.717) is 45.6 Å². The molecule has 10 rings (SSSR count). The molecule has 0 unspecified atom stereocenters.